The average molecular weight is 390 g/mol. The van der Waals surface area contributed by atoms with Crippen molar-refractivity contribution < 1.29 is 9.53 Å². The maximum absolute atomic E-state index is 12.8. The van der Waals surface area contributed by atoms with Crippen molar-refractivity contribution in [2.24, 2.45) is 5.92 Å². The fourth-order valence-corrected chi connectivity index (χ4v) is 4.52. The number of hydrogen-bond acceptors (Lipinski definition) is 5. The quantitative estimate of drug-likeness (QED) is 0.839. The third-order valence-corrected chi connectivity index (χ3v) is 6.12. The molecule has 2 aliphatic heterocycles. The highest BCUT2D eigenvalue weighted by Gasteiger charge is 2.37. The van der Waals surface area contributed by atoms with Crippen LogP contribution in [0.4, 0.5) is 0 Å². The number of nitriles is 1. The van der Waals surface area contributed by atoms with Gasteiger partial charge < -0.3 is 9.64 Å². The van der Waals surface area contributed by atoms with Gasteiger partial charge in [-0.05, 0) is 54.7 Å². The first-order valence-corrected chi connectivity index (χ1v) is 10.1. The molecule has 29 heavy (non-hydrogen) atoms. The van der Waals surface area contributed by atoms with Gasteiger partial charge in [-0.25, -0.2) is 0 Å². The number of benzene rings is 2. The summed E-state index contributed by atoms with van der Waals surface area (Å²) in [6.07, 6.45) is 1.92. The van der Waals surface area contributed by atoms with Gasteiger partial charge in [0, 0.05) is 37.2 Å². The van der Waals surface area contributed by atoms with Gasteiger partial charge in [0.05, 0.1) is 18.7 Å². The first-order valence-electron chi connectivity index (χ1n) is 10.1. The minimum absolute atomic E-state index is 0.0161. The Bertz CT molecular complexity index is 915. The standard InChI is InChI=1S/C23H26N4O2/c1-29-20-7-3-5-18(13-20)21-15-25-26-22(21)17-8-10-27(11-9-17)23(28)19-6-2-4-16(12-19)14-24/h2-7,12-13,17,21-22,25-26H,8-11,15H2,1H3. The van der Waals surface area contributed by atoms with Crippen LogP contribution in [0.25, 0.3) is 0 Å². The number of piperidine rings is 1. The summed E-state index contributed by atoms with van der Waals surface area (Å²) >= 11 is 0. The van der Waals surface area contributed by atoms with Gasteiger partial charge in [-0.1, -0.05) is 18.2 Å². The molecule has 2 unspecified atom stereocenters. The monoisotopic (exact) mass is 390 g/mol. The van der Waals surface area contributed by atoms with E-state index in [0.717, 1.165) is 38.2 Å². The summed E-state index contributed by atoms with van der Waals surface area (Å²) in [7, 11) is 1.70. The molecule has 6 heteroatoms. The van der Waals surface area contributed by atoms with Gasteiger partial charge in [-0.3, -0.25) is 15.6 Å². The van der Waals surface area contributed by atoms with Crippen LogP contribution in [0.3, 0.4) is 0 Å². The zero-order valence-corrected chi connectivity index (χ0v) is 16.6. The number of nitrogens with one attached hydrogen (secondary N) is 2. The molecule has 0 radical (unpaired) electrons. The molecule has 0 aliphatic carbocycles. The Morgan fingerprint density at radius 1 is 1.17 bits per heavy atom. The van der Waals surface area contributed by atoms with Crippen molar-refractivity contribution >= 4 is 5.91 Å². The minimum Gasteiger partial charge on any atom is -0.497 e. The van der Waals surface area contributed by atoms with Crippen molar-refractivity contribution in [3.63, 3.8) is 0 Å². The number of hydrogen-bond donors (Lipinski definition) is 2. The van der Waals surface area contributed by atoms with E-state index in [0.29, 0.717) is 29.0 Å². The van der Waals surface area contributed by atoms with E-state index < -0.39 is 0 Å². The molecule has 2 atom stereocenters. The smallest absolute Gasteiger partial charge is 0.253 e. The lowest BCUT2D eigenvalue weighted by molar-refractivity contribution is 0.0670. The predicted octanol–water partition coefficient (Wildman–Crippen LogP) is 2.68. The molecule has 2 N–H and O–H groups in total. The maximum Gasteiger partial charge on any atom is 0.253 e. The molecule has 6 nitrogen and oxygen atoms in total. The minimum atomic E-state index is 0.0161. The Hall–Kier alpha value is -2.88. The molecule has 0 spiro atoms. The Kier molecular flexibility index (Phi) is 5.79. The number of carbonyl (C=O) groups is 1. The van der Waals surface area contributed by atoms with Crippen LogP contribution in [0.5, 0.6) is 5.75 Å². The molecule has 0 saturated carbocycles. The van der Waals surface area contributed by atoms with Crippen LogP contribution < -0.4 is 15.6 Å². The summed E-state index contributed by atoms with van der Waals surface area (Å²) in [6.45, 7) is 2.37. The molecule has 0 aromatic heterocycles. The molecular formula is C23H26N4O2. The lowest BCUT2D eigenvalue weighted by Crippen LogP contribution is -2.45. The number of hydrazine groups is 1. The average Bonchev–Trinajstić information content (AvgIpc) is 3.29. The Labute approximate surface area is 171 Å². The van der Waals surface area contributed by atoms with Crippen molar-refractivity contribution in [1.82, 2.24) is 15.8 Å². The van der Waals surface area contributed by atoms with Gasteiger partial charge in [0.25, 0.3) is 5.91 Å². The SMILES string of the molecule is COc1cccc(C2CNNC2C2CCN(C(=O)c3cccc(C#N)c3)CC2)c1. The summed E-state index contributed by atoms with van der Waals surface area (Å²) in [4.78, 5) is 14.7. The van der Waals surface area contributed by atoms with Crippen molar-refractivity contribution in [3.05, 3.63) is 65.2 Å². The van der Waals surface area contributed by atoms with Gasteiger partial charge in [0.15, 0.2) is 0 Å². The number of carbonyl (C=O) groups excluding carboxylic acids is 1. The number of amides is 1. The van der Waals surface area contributed by atoms with E-state index in [-0.39, 0.29) is 5.91 Å². The second-order valence-corrected chi connectivity index (χ2v) is 7.76. The summed E-state index contributed by atoms with van der Waals surface area (Å²) in [5, 5.41) is 9.07. The summed E-state index contributed by atoms with van der Waals surface area (Å²) in [5.74, 6) is 1.77. The van der Waals surface area contributed by atoms with E-state index in [2.05, 4.69) is 29.1 Å². The number of ether oxygens (including phenoxy) is 1. The van der Waals surface area contributed by atoms with Crippen molar-refractivity contribution in [2.45, 2.75) is 24.8 Å². The molecule has 4 rings (SSSR count). The Morgan fingerprint density at radius 2 is 1.97 bits per heavy atom. The number of likely N-dealkylation sites (tertiary alicyclic amines) is 1. The summed E-state index contributed by atoms with van der Waals surface area (Å²) in [6, 6.07) is 17.7. The second kappa shape index (κ2) is 8.64. The van der Waals surface area contributed by atoms with E-state index in [1.54, 1.807) is 31.4 Å². The summed E-state index contributed by atoms with van der Waals surface area (Å²) < 4.78 is 5.39. The molecule has 2 fully saturated rings. The third-order valence-electron chi connectivity index (χ3n) is 6.12. The highest BCUT2D eigenvalue weighted by Crippen LogP contribution is 2.33. The van der Waals surface area contributed by atoms with Crippen LogP contribution in [0.1, 0.15) is 40.2 Å². The molecule has 2 heterocycles. The molecular weight excluding hydrogens is 364 g/mol. The van der Waals surface area contributed by atoms with Gasteiger partial charge in [-0.15, -0.1) is 0 Å². The molecule has 2 aromatic carbocycles. The highest BCUT2D eigenvalue weighted by atomic mass is 16.5. The third kappa shape index (κ3) is 4.12. The lowest BCUT2D eigenvalue weighted by Gasteiger charge is -2.36. The topological polar surface area (TPSA) is 77.4 Å². The van der Waals surface area contributed by atoms with E-state index >= 15 is 0 Å². The van der Waals surface area contributed by atoms with Crippen LogP contribution in [0.2, 0.25) is 0 Å². The Balaban J connectivity index is 1.41. The van der Waals surface area contributed by atoms with Crippen LogP contribution in [0.15, 0.2) is 48.5 Å². The number of nitrogens with zero attached hydrogens (tertiary/aromatic N) is 2. The van der Waals surface area contributed by atoms with Gasteiger partial charge in [0.2, 0.25) is 0 Å². The highest BCUT2D eigenvalue weighted by molar-refractivity contribution is 5.94. The zero-order chi connectivity index (χ0) is 20.2. The van der Waals surface area contributed by atoms with Crippen LogP contribution in [-0.2, 0) is 0 Å². The van der Waals surface area contributed by atoms with Gasteiger partial charge in [0.1, 0.15) is 5.75 Å². The lowest BCUT2D eigenvalue weighted by atomic mass is 9.80. The molecule has 150 valence electrons. The molecule has 2 saturated heterocycles. The first kappa shape index (κ1) is 19.4. The van der Waals surface area contributed by atoms with Crippen LogP contribution in [0, 0.1) is 17.2 Å². The Morgan fingerprint density at radius 3 is 2.72 bits per heavy atom. The maximum atomic E-state index is 12.8. The van der Waals surface area contributed by atoms with Crippen LogP contribution in [-0.4, -0.2) is 43.6 Å². The van der Waals surface area contributed by atoms with E-state index in [1.807, 2.05) is 17.0 Å². The van der Waals surface area contributed by atoms with E-state index in [1.165, 1.54) is 5.56 Å². The number of methoxy groups -OCH3 is 1. The molecule has 2 aliphatic rings. The fourth-order valence-electron chi connectivity index (χ4n) is 4.52. The van der Waals surface area contributed by atoms with E-state index in [4.69, 9.17) is 10.00 Å². The summed E-state index contributed by atoms with van der Waals surface area (Å²) in [5.41, 5.74) is 9.19. The van der Waals surface area contributed by atoms with Crippen LogP contribution >= 0.6 is 0 Å². The second-order valence-electron chi connectivity index (χ2n) is 7.76. The number of rotatable bonds is 4. The van der Waals surface area contributed by atoms with Crippen molar-refractivity contribution in [3.8, 4) is 11.8 Å². The van der Waals surface area contributed by atoms with Crippen molar-refractivity contribution in [2.75, 3.05) is 26.7 Å². The van der Waals surface area contributed by atoms with Crippen molar-refractivity contribution in [1.29, 1.82) is 5.26 Å². The molecule has 2 aromatic rings. The fraction of sp³-hybridized carbons (Fsp3) is 0.391. The predicted molar refractivity (Wildman–Crippen MR) is 110 cm³/mol. The van der Waals surface area contributed by atoms with Gasteiger partial charge in [-0.2, -0.15) is 5.26 Å². The first-order chi connectivity index (χ1) is 14.2. The largest absolute Gasteiger partial charge is 0.497 e. The van der Waals surface area contributed by atoms with E-state index in [9.17, 15) is 4.79 Å². The van der Waals surface area contributed by atoms with Gasteiger partial charge >= 0.3 is 0 Å². The normalized spacial score (nSPS) is 22.3. The zero-order valence-electron chi connectivity index (χ0n) is 16.6. The molecule has 1 amide bonds. The molecule has 0 bridgehead atoms.